The Kier molecular flexibility index (Phi) is 3.69. The highest BCUT2D eigenvalue weighted by atomic mass is 79.9. The van der Waals surface area contributed by atoms with Crippen molar-refractivity contribution in [2.45, 2.75) is 26.7 Å². The third-order valence-electron chi connectivity index (χ3n) is 3.20. The monoisotopic (exact) mass is 339 g/mol. The molecule has 1 aliphatic rings. The molecule has 0 saturated carbocycles. The lowest BCUT2D eigenvalue weighted by atomic mass is 9.81. The van der Waals surface area contributed by atoms with E-state index < -0.39 is 11.4 Å². The number of benzene rings is 1. The molecule has 0 spiro atoms. The van der Waals surface area contributed by atoms with Crippen LogP contribution in [0.25, 0.3) is 0 Å². The maximum absolute atomic E-state index is 12.2. The van der Waals surface area contributed by atoms with Gasteiger partial charge in [-0.05, 0) is 33.5 Å². The van der Waals surface area contributed by atoms with Crippen molar-refractivity contribution >= 4 is 39.4 Å². The number of carbonyl (C=O) groups excluding carboxylic acids is 2. The van der Waals surface area contributed by atoms with Crippen LogP contribution in [-0.4, -0.2) is 22.9 Å². The Labute approximate surface area is 124 Å². The van der Waals surface area contributed by atoms with Gasteiger partial charge in [-0.2, -0.15) is 0 Å². The summed E-state index contributed by atoms with van der Waals surface area (Å²) < 4.78 is 0.416. The van der Waals surface area contributed by atoms with E-state index in [4.69, 9.17) is 0 Å². The van der Waals surface area contributed by atoms with E-state index in [1.807, 2.05) is 13.8 Å². The summed E-state index contributed by atoms with van der Waals surface area (Å²) in [5.41, 5.74) is -0.346. The van der Waals surface area contributed by atoms with Crippen molar-refractivity contribution in [2.24, 2.45) is 5.41 Å². The van der Waals surface area contributed by atoms with E-state index in [0.29, 0.717) is 4.47 Å². The van der Waals surface area contributed by atoms with Gasteiger partial charge in [0.15, 0.2) is 0 Å². The van der Waals surface area contributed by atoms with Crippen LogP contribution < -0.4 is 4.90 Å². The summed E-state index contributed by atoms with van der Waals surface area (Å²) in [6.45, 7) is 3.69. The van der Waals surface area contributed by atoms with Crippen LogP contribution in [0.4, 0.5) is 5.69 Å². The van der Waals surface area contributed by atoms with Gasteiger partial charge in [-0.1, -0.05) is 19.9 Å². The van der Waals surface area contributed by atoms with Crippen molar-refractivity contribution in [1.82, 2.24) is 0 Å². The van der Waals surface area contributed by atoms with E-state index in [1.54, 1.807) is 12.1 Å². The zero-order valence-electron chi connectivity index (χ0n) is 11.1. The molecular formula is C14H14BrNO4. The number of halogens is 1. The average Bonchev–Trinajstić information content (AvgIpc) is 2.28. The van der Waals surface area contributed by atoms with Gasteiger partial charge in [-0.15, -0.1) is 0 Å². The van der Waals surface area contributed by atoms with Crippen LogP contribution in [0.5, 0.6) is 0 Å². The van der Waals surface area contributed by atoms with Crippen LogP contribution in [0.1, 0.15) is 37.0 Å². The molecule has 106 valence electrons. The zero-order valence-corrected chi connectivity index (χ0v) is 12.7. The predicted octanol–water partition coefficient (Wildman–Crippen LogP) is 2.83. The van der Waals surface area contributed by atoms with Crippen LogP contribution in [-0.2, 0) is 9.59 Å². The lowest BCUT2D eigenvalue weighted by Crippen LogP contribution is -2.47. The number of carboxylic acids is 1. The average molecular weight is 340 g/mol. The Morgan fingerprint density at radius 3 is 2.30 bits per heavy atom. The SMILES string of the molecule is CC1(C)CC(=O)N(c2c(Br)cccc2C(=O)O)C(=O)C1. The molecule has 1 aliphatic heterocycles. The largest absolute Gasteiger partial charge is 0.478 e. The molecule has 1 aromatic rings. The molecule has 0 aromatic heterocycles. The second-order valence-corrected chi connectivity index (χ2v) is 6.44. The first kappa shape index (κ1) is 14.7. The fourth-order valence-electron chi connectivity index (χ4n) is 2.34. The summed E-state index contributed by atoms with van der Waals surface area (Å²) in [5.74, 6) is -1.92. The smallest absolute Gasteiger partial charge is 0.337 e. The zero-order chi connectivity index (χ0) is 15.1. The molecule has 2 amide bonds. The van der Waals surface area contributed by atoms with Gasteiger partial charge in [-0.3, -0.25) is 9.59 Å². The minimum atomic E-state index is -1.17. The van der Waals surface area contributed by atoms with Gasteiger partial charge in [-0.25, -0.2) is 9.69 Å². The Hall–Kier alpha value is -1.69. The number of amides is 2. The van der Waals surface area contributed by atoms with E-state index >= 15 is 0 Å². The quantitative estimate of drug-likeness (QED) is 0.840. The van der Waals surface area contributed by atoms with Gasteiger partial charge in [0.2, 0.25) is 11.8 Å². The number of piperidine rings is 1. The second kappa shape index (κ2) is 5.01. The fraction of sp³-hybridized carbons (Fsp3) is 0.357. The van der Waals surface area contributed by atoms with Gasteiger partial charge in [0.05, 0.1) is 11.3 Å². The fourth-order valence-corrected chi connectivity index (χ4v) is 2.89. The number of aromatic carboxylic acids is 1. The number of rotatable bonds is 2. The van der Waals surface area contributed by atoms with E-state index in [2.05, 4.69) is 15.9 Å². The third-order valence-corrected chi connectivity index (χ3v) is 3.84. The molecule has 1 aromatic carbocycles. The summed E-state index contributed by atoms with van der Waals surface area (Å²) in [7, 11) is 0. The first-order valence-electron chi connectivity index (χ1n) is 6.10. The topological polar surface area (TPSA) is 74.7 Å². The molecule has 6 heteroatoms. The highest BCUT2D eigenvalue weighted by Gasteiger charge is 2.40. The number of hydrogen-bond donors (Lipinski definition) is 1. The molecule has 0 atom stereocenters. The second-order valence-electron chi connectivity index (χ2n) is 5.58. The minimum absolute atomic E-state index is 0.0687. The molecule has 2 rings (SSSR count). The van der Waals surface area contributed by atoms with E-state index in [1.165, 1.54) is 6.07 Å². The van der Waals surface area contributed by atoms with Crippen LogP contribution in [0.2, 0.25) is 0 Å². The number of carbonyl (C=O) groups is 3. The van der Waals surface area contributed by atoms with Crippen molar-refractivity contribution in [3.63, 3.8) is 0 Å². The Morgan fingerprint density at radius 1 is 1.25 bits per heavy atom. The summed E-state index contributed by atoms with van der Waals surface area (Å²) in [6, 6.07) is 4.55. The molecule has 0 radical (unpaired) electrons. The van der Waals surface area contributed by atoms with Crippen LogP contribution >= 0.6 is 15.9 Å². The van der Waals surface area contributed by atoms with Gasteiger partial charge in [0.1, 0.15) is 0 Å². The molecule has 5 nitrogen and oxygen atoms in total. The lowest BCUT2D eigenvalue weighted by Gasteiger charge is -2.35. The van der Waals surface area contributed by atoms with E-state index in [-0.39, 0.29) is 35.9 Å². The number of hydrogen-bond acceptors (Lipinski definition) is 3. The normalized spacial score (nSPS) is 18.2. The van der Waals surface area contributed by atoms with Crippen molar-refractivity contribution in [3.8, 4) is 0 Å². The summed E-state index contributed by atoms with van der Waals surface area (Å²) in [4.78, 5) is 36.8. The summed E-state index contributed by atoms with van der Waals surface area (Å²) in [6.07, 6.45) is 0.415. The van der Waals surface area contributed by atoms with Gasteiger partial charge in [0, 0.05) is 17.3 Å². The molecule has 1 heterocycles. The van der Waals surface area contributed by atoms with Crippen molar-refractivity contribution in [3.05, 3.63) is 28.2 Å². The predicted molar refractivity (Wildman–Crippen MR) is 76.6 cm³/mol. The van der Waals surface area contributed by atoms with Crippen molar-refractivity contribution < 1.29 is 19.5 Å². The van der Waals surface area contributed by atoms with Crippen LogP contribution in [0, 0.1) is 5.41 Å². The molecule has 20 heavy (non-hydrogen) atoms. The third kappa shape index (κ3) is 2.60. The summed E-state index contributed by atoms with van der Waals surface area (Å²) in [5, 5.41) is 9.23. The standard InChI is InChI=1S/C14H14BrNO4/c1-14(2)6-10(17)16(11(18)7-14)12-8(13(19)20)4-3-5-9(12)15/h3-5H,6-7H2,1-2H3,(H,19,20). The molecule has 1 saturated heterocycles. The molecular weight excluding hydrogens is 326 g/mol. The molecule has 0 bridgehead atoms. The van der Waals surface area contributed by atoms with Gasteiger partial charge in [0.25, 0.3) is 0 Å². The van der Waals surface area contributed by atoms with Crippen LogP contribution in [0.15, 0.2) is 22.7 Å². The first-order chi connectivity index (χ1) is 9.23. The summed E-state index contributed by atoms with van der Waals surface area (Å²) >= 11 is 3.23. The maximum atomic E-state index is 12.2. The Balaban J connectivity index is 2.54. The number of carboxylic acid groups (broad SMARTS) is 1. The Bertz CT molecular complexity index is 589. The van der Waals surface area contributed by atoms with Crippen molar-refractivity contribution in [1.29, 1.82) is 0 Å². The number of imide groups is 1. The number of nitrogens with zero attached hydrogens (tertiary/aromatic N) is 1. The first-order valence-corrected chi connectivity index (χ1v) is 6.90. The number of para-hydroxylation sites is 1. The van der Waals surface area contributed by atoms with Gasteiger partial charge < -0.3 is 5.11 Å². The number of anilines is 1. The highest BCUT2D eigenvalue weighted by Crippen LogP contribution is 2.38. The molecule has 0 aliphatic carbocycles. The van der Waals surface area contributed by atoms with Crippen LogP contribution in [0.3, 0.4) is 0 Å². The molecule has 1 N–H and O–H groups in total. The van der Waals surface area contributed by atoms with E-state index in [9.17, 15) is 19.5 Å². The van der Waals surface area contributed by atoms with Crippen molar-refractivity contribution in [2.75, 3.05) is 4.90 Å². The van der Waals surface area contributed by atoms with Gasteiger partial charge >= 0.3 is 5.97 Å². The Morgan fingerprint density at radius 2 is 1.80 bits per heavy atom. The minimum Gasteiger partial charge on any atom is -0.478 e. The maximum Gasteiger partial charge on any atom is 0.337 e. The molecule has 0 unspecified atom stereocenters. The highest BCUT2D eigenvalue weighted by molar-refractivity contribution is 9.10. The van der Waals surface area contributed by atoms with E-state index in [0.717, 1.165) is 4.90 Å². The lowest BCUT2D eigenvalue weighted by molar-refractivity contribution is -0.132. The molecule has 1 fully saturated rings.